The highest BCUT2D eigenvalue weighted by atomic mass is 16.5. The van der Waals surface area contributed by atoms with Crippen LogP contribution in [0, 0.1) is 0 Å². The maximum atomic E-state index is 10.5. The monoisotopic (exact) mass is 242 g/mol. The van der Waals surface area contributed by atoms with Crippen LogP contribution < -0.4 is 15.8 Å². The van der Waals surface area contributed by atoms with Gasteiger partial charge in [-0.3, -0.25) is 4.79 Å². The quantitative estimate of drug-likeness (QED) is 0.625. The summed E-state index contributed by atoms with van der Waals surface area (Å²) in [6, 6.07) is 14.9. The number of carbonyl (C=O) groups is 1. The lowest BCUT2D eigenvalue weighted by atomic mass is 10.2. The van der Waals surface area contributed by atoms with Gasteiger partial charge in [0.1, 0.15) is 12.4 Å². The van der Waals surface area contributed by atoms with E-state index >= 15 is 0 Å². The summed E-state index contributed by atoms with van der Waals surface area (Å²) in [4.78, 5) is 10.5. The molecular weight excluding hydrogens is 228 g/mol. The van der Waals surface area contributed by atoms with Gasteiger partial charge < -0.3 is 15.8 Å². The Hall–Kier alpha value is -2.49. The van der Waals surface area contributed by atoms with Crippen molar-refractivity contribution in [2.75, 3.05) is 11.1 Å². The molecular formula is C14H14N2O2. The van der Waals surface area contributed by atoms with Crippen LogP contribution in [0.25, 0.3) is 0 Å². The van der Waals surface area contributed by atoms with Gasteiger partial charge in [0.25, 0.3) is 0 Å². The Kier molecular flexibility index (Phi) is 3.81. The van der Waals surface area contributed by atoms with E-state index in [1.807, 2.05) is 30.3 Å². The summed E-state index contributed by atoms with van der Waals surface area (Å²) < 4.78 is 5.65. The number of carbonyl (C=O) groups excluding carboxylic acids is 1. The van der Waals surface area contributed by atoms with Crippen LogP contribution in [0.1, 0.15) is 5.56 Å². The van der Waals surface area contributed by atoms with Gasteiger partial charge in [0.05, 0.1) is 5.69 Å². The molecule has 2 aromatic carbocycles. The third-order valence-corrected chi connectivity index (χ3v) is 2.46. The molecule has 0 radical (unpaired) electrons. The van der Waals surface area contributed by atoms with Gasteiger partial charge in [-0.05, 0) is 23.8 Å². The van der Waals surface area contributed by atoms with E-state index in [1.54, 1.807) is 18.2 Å². The maximum absolute atomic E-state index is 10.5. The van der Waals surface area contributed by atoms with Crippen molar-refractivity contribution in [3.05, 3.63) is 54.1 Å². The minimum Gasteiger partial charge on any atom is -0.487 e. The fourth-order valence-corrected chi connectivity index (χ4v) is 1.59. The molecule has 2 aromatic rings. The third-order valence-electron chi connectivity index (χ3n) is 2.46. The Morgan fingerprint density at radius 2 is 1.94 bits per heavy atom. The van der Waals surface area contributed by atoms with Gasteiger partial charge in [0, 0.05) is 5.69 Å². The van der Waals surface area contributed by atoms with Crippen molar-refractivity contribution >= 4 is 17.8 Å². The van der Waals surface area contributed by atoms with Crippen molar-refractivity contribution in [2.45, 2.75) is 6.61 Å². The summed E-state index contributed by atoms with van der Waals surface area (Å²) >= 11 is 0. The first-order valence-electron chi connectivity index (χ1n) is 5.56. The lowest BCUT2D eigenvalue weighted by Gasteiger charge is -2.11. The summed E-state index contributed by atoms with van der Waals surface area (Å²) in [5.74, 6) is 0.597. The van der Waals surface area contributed by atoms with Gasteiger partial charge in [-0.25, -0.2) is 0 Å². The molecule has 0 bridgehead atoms. The van der Waals surface area contributed by atoms with Crippen LogP contribution in [-0.4, -0.2) is 6.41 Å². The number of nitrogen functional groups attached to an aromatic ring is 1. The topological polar surface area (TPSA) is 64.3 Å². The number of amides is 1. The lowest BCUT2D eigenvalue weighted by Crippen LogP contribution is -2.01. The second kappa shape index (κ2) is 5.72. The number of hydrogen-bond acceptors (Lipinski definition) is 3. The van der Waals surface area contributed by atoms with Gasteiger partial charge >= 0.3 is 0 Å². The van der Waals surface area contributed by atoms with Crippen molar-refractivity contribution in [1.82, 2.24) is 0 Å². The van der Waals surface area contributed by atoms with Gasteiger partial charge in [0.2, 0.25) is 6.41 Å². The predicted octanol–water partition coefficient (Wildman–Crippen LogP) is 2.42. The van der Waals surface area contributed by atoms with Crippen LogP contribution in [0.2, 0.25) is 0 Å². The molecule has 0 fully saturated rings. The van der Waals surface area contributed by atoms with E-state index in [4.69, 9.17) is 10.5 Å². The molecule has 0 saturated carbocycles. The summed E-state index contributed by atoms with van der Waals surface area (Å²) in [7, 11) is 0. The average molecular weight is 242 g/mol. The van der Waals surface area contributed by atoms with E-state index in [0.717, 1.165) is 5.56 Å². The largest absolute Gasteiger partial charge is 0.487 e. The zero-order valence-electron chi connectivity index (χ0n) is 9.80. The van der Waals surface area contributed by atoms with Crippen LogP contribution in [0.5, 0.6) is 5.75 Å². The molecule has 0 heterocycles. The number of nitrogens with one attached hydrogen (secondary N) is 1. The van der Waals surface area contributed by atoms with Crippen LogP contribution in [0.3, 0.4) is 0 Å². The number of hydrogen-bond donors (Lipinski definition) is 2. The van der Waals surface area contributed by atoms with Crippen molar-refractivity contribution in [3.63, 3.8) is 0 Å². The summed E-state index contributed by atoms with van der Waals surface area (Å²) in [5, 5.41) is 2.57. The number of benzene rings is 2. The number of anilines is 2. The summed E-state index contributed by atoms with van der Waals surface area (Å²) in [6.07, 6.45) is 0.601. The summed E-state index contributed by atoms with van der Waals surface area (Å²) in [6.45, 7) is 0.443. The van der Waals surface area contributed by atoms with Crippen LogP contribution in [-0.2, 0) is 11.4 Å². The van der Waals surface area contributed by atoms with Crippen LogP contribution >= 0.6 is 0 Å². The predicted molar refractivity (Wildman–Crippen MR) is 71.3 cm³/mol. The Labute approximate surface area is 105 Å². The van der Waals surface area contributed by atoms with Crippen LogP contribution in [0.4, 0.5) is 11.4 Å². The van der Waals surface area contributed by atoms with Gasteiger partial charge in [-0.1, -0.05) is 30.3 Å². The molecule has 0 aliphatic heterocycles. The molecule has 3 N–H and O–H groups in total. The molecule has 1 amide bonds. The Morgan fingerprint density at radius 1 is 1.17 bits per heavy atom. The number of ether oxygens (including phenoxy) is 1. The molecule has 0 aliphatic carbocycles. The number of rotatable bonds is 5. The molecule has 4 nitrogen and oxygen atoms in total. The first kappa shape index (κ1) is 12.0. The van der Waals surface area contributed by atoms with E-state index in [0.29, 0.717) is 30.1 Å². The second-order valence-corrected chi connectivity index (χ2v) is 3.79. The highest BCUT2D eigenvalue weighted by Crippen LogP contribution is 2.27. The maximum Gasteiger partial charge on any atom is 0.211 e. The van der Waals surface area contributed by atoms with Crippen molar-refractivity contribution in [2.24, 2.45) is 0 Å². The van der Waals surface area contributed by atoms with Crippen LogP contribution in [0.15, 0.2) is 48.5 Å². The molecule has 2 rings (SSSR count). The van der Waals surface area contributed by atoms with Gasteiger partial charge in [0.15, 0.2) is 0 Å². The normalized spacial score (nSPS) is 9.78. The SMILES string of the molecule is Nc1ccc(OCc2ccccc2)c(NC=O)c1. The standard InChI is InChI=1S/C14H14N2O2/c15-12-6-7-14(13(8-12)16-10-17)18-9-11-4-2-1-3-5-11/h1-8,10H,9,15H2,(H,16,17). The van der Waals surface area contributed by atoms with Gasteiger partial charge in [-0.2, -0.15) is 0 Å². The van der Waals surface area contributed by atoms with Crippen molar-refractivity contribution in [1.29, 1.82) is 0 Å². The zero-order valence-corrected chi connectivity index (χ0v) is 9.80. The van der Waals surface area contributed by atoms with E-state index in [1.165, 1.54) is 0 Å². The average Bonchev–Trinajstić information content (AvgIpc) is 2.39. The molecule has 0 saturated heterocycles. The molecule has 4 heteroatoms. The minimum absolute atomic E-state index is 0.443. The minimum atomic E-state index is 0.443. The van der Waals surface area contributed by atoms with Gasteiger partial charge in [-0.15, -0.1) is 0 Å². The highest BCUT2D eigenvalue weighted by molar-refractivity contribution is 5.77. The molecule has 18 heavy (non-hydrogen) atoms. The zero-order chi connectivity index (χ0) is 12.8. The van der Waals surface area contributed by atoms with Crippen molar-refractivity contribution < 1.29 is 9.53 Å². The van der Waals surface area contributed by atoms with E-state index in [9.17, 15) is 4.79 Å². The molecule has 0 aromatic heterocycles. The molecule has 0 atom stereocenters. The second-order valence-electron chi connectivity index (χ2n) is 3.79. The molecule has 92 valence electrons. The van der Waals surface area contributed by atoms with Crippen molar-refractivity contribution in [3.8, 4) is 5.75 Å². The highest BCUT2D eigenvalue weighted by Gasteiger charge is 2.04. The molecule has 0 aliphatic rings. The van der Waals surface area contributed by atoms with E-state index < -0.39 is 0 Å². The first-order valence-corrected chi connectivity index (χ1v) is 5.56. The lowest BCUT2D eigenvalue weighted by molar-refractivity contribution is -0.105. The summed E-state index contributed by atoms with van der Waals surface area (Å²) in [5.41, 5.74) is 7.86. The fraction of sp³-hybridized carbons (Fsp3) is 0.0714. The Morgan fingerprint density at radius 3 is 2.67 bits per heavy atom. The third kappa shape index (κ3) is 3.01. The smallest absolute Gasteiger partial charge is 0.211 e. The Bertz CT molecular complexity index is 527. The number of nitrogens with two attached hydrogens (primary N) is 1. The fourth-order valence-electron chi connectivity index (χ4n) is 1.59. The molecule has 0 unspecified atom stereocenters. The first-order chi connectivity index (χ1) is 8.79. The van der Waals surface area contributed by atoms with E-state index in [-0.39, 0.29) is 0 Å². The molecule has 0 spiro atoms. The Balaban J connectivity index is 2.11. The van der Waals surface area contributed by atoms with E-state index in [2.05, 4.69) is 5.32 Å².